The number of anilines is 2. The number of nitrogen functional groups attached to an aromatic ring is 2. The SMILES string of the molecule is Nc1ccc(N=Cc2ccc(F)cc2)cc1N. The zero-order chi connectivity index (χ0) is 12.3. The summed E-state index contributed by atoms with van der Waals surface area (Å²) in [5, 5.41) is 0. The number of halogens is 1. The van der Waals surface area contributed by atoms with Crippen molar-refractivity contribution in [3.63, 3.8) is 0 Å². The third-order valence-electron chi connectivity index (χ3n) is 2.30. The molecule has 0 saturated carbocycles. The number of nitrogens with two attached hydrogens (primary N) is 2. The molecule has 17 heavy (non-hydrogen) atoms. The molecule has 0 aliphatic carbocycles. The van der Waals surface area contributed by atoms with Gasteiger partial charge in [0, 0.05) is 6.21 Å². The molecule has 0 aliphatic heterocycles. The Kier molecular flexibility index (Phi) is 3.05. The Morgan fingerprint density at radius 1 is 0.941 bits per heavy atom. The van der Waals surface area contributed by atoms with Crippen molar-refractivity contribution >= 4 is 23.3 Å². The highest BCUT2D eigenvalue weighted by molar-refractivity contribution is 5.82. The van der Waals surface area contributed by atoms with Crippen LogP contribution in [-0.4, -0.2) is 6.21 Å². The van der Waals surface area contributed by atoms with E-state index in [1.807, 2.05) is 0 Å². The van der Waals surface area contributed by atoms with Crippen molar-refractivity contribution in [2.45, 2.75) is 0 Å². The van der Waals surface area contributed by atoms with E-state index >= 15 is 0 Å². The van der Waals surface area contributed by atoms with Gasteiger partial charge in [0.2, 0.25) is 0 Å². The summed E-state index contributed by atoms with van der Waals surface area (Å²) >= 11 is 0. The zero-order valence-corrected chi connectivity index (χ0v) is 9.10. The standard InChI is InChI=1S/C13H12FN3/c14-10-3-1-9(2-4-10)8-17-11-5-6-12(15)13(16)7-11/h1-8H,15-16H2. The second kappa shape index (κ2) is 4.65. The topological polar surface area (TPSA) is 64.4 Å². The smallest absolute Gasteiger partial charge is 0.123 e. The van der Waals surface area contributed by atoms with Gasteiger partial charge in [-0.2, -0.15) is 0 Å². The molecule has 2 rings (SSSR count). The van der Waals surface area contributed by atoms with Crippen molar-refractivity contribution in [1.29, 1.82) is 0 Å². The van der Waals surface area contributed by atoms with Crippen LogP contribution in [-0.2, 0) is 0 Å². The number of aliphatic imine (C=N–C) groups is 1. The summed E-state index contributed by atoms with van der Waals surface area (Å²) in [6.45, 7) is 0. The van der Waals surface area contributed by atoms with Gasteiger partial charge in [0.05, 0.1) is 17.1 Å². The van der Waals surface area contributed by atoms with Gasteiger partial charge in [-0.1, -0.05) is 12.1 Å². The lowest BCUT2D eigenvalue weighted by Gasteiger charge is -2.00. The molecule has 0 atom stereocenters. The fourth-order valence-corrected chi connectivity index (χ4v) is 1.34. The number of rotatable bonds is 2. The molecule has 2 aromatic carbocycles. The molecule has 0 aliphatic rings. The van der Waals surface area contributed by atoms with Crippen LogP contribution in [0.5, 0.6) is 0 Å². The predicted molar refractivity (Wildman–Crippen MR) is 68.9 cm³/mol. The molecule has 0 spiro atoms. The summed E-state index contributed by atoms with van der Waals surface area (Å²) in [7, 11) is 0. The van der Waals surface area contributed by atoms with Gasteiger partial charge >= 0.3 is 0 Å². The predicted octanol–water partition coefficient (Wildman–Crippen LogP) is 2.74. The summed E-state index contributed by atoms with van der Waals surface area (Å²) in [4.78, 5) is 4.23. The molecule has 0 saturated heterocycles. The molecule has 0 amide bonds. The number of hydrogen-bond donors (Lipinski definition) is 2. The van der Waals surface area contributed by atoms with E-state index in [1.165, 1.54) is 12.1 Å². The highest BCUT2D eigenvalue weighted by atomic mass is 19.1. The highest BCUT2D eigenvalue weighted by Gasteiger charge is 1.95. The van der Waals surface area contributed by atoms with E-state index in [-0.39, 0.29) is 5.82 Å². The Hall–Kier alpha value is -2.36. The minimum Gasteiger partial charge on any atom is -0.397 e. The maximum absolute atomic E-state index is 12.7. The number of hydrogen-bond acceptors (Lipinski definition) is 3. The molecule has 3 nitrogen and oxygen atoms in total. The van der Waals surface area contributed by atoms with E-state index in [0.717, 1.165) is 5.56 Å². The molecule has 0 aromatic heterocycles. The Morgan fingerprint density at radius 2 is 1.65 bits per heavy atom. The van der Waals surface area contributed by atoms with Crippen molar-refractivity contribution in [3.05, 3.63) is 53.8 Å². The third kappa shape index (κ3) is 2.81. The highest BCUT2D eigenvalue weighted by Crippen LogP contribution is 2.21. The Balaban J connectivity index is 2.20. The number of nitrogens with zero attached hydrogens (tertiary/aromatic N) is 1. The van der Waals surface area contributed by atoms with Gasteiger partial charge in [-0.3, -0.25) is 4.99 Å². The quantitative estimate of drug-likeness (QED) is 0.614. The minimum absolute atomic E-state index is 0.265. The minimum atomic E-state index is -0.265. The van der Waals surface area contributed by atoms with Crippen molar-refractivity contribution in [2.75, 3.05) is 11.5 Å². The number of benzene rings is 2. The van der Waals surface area contributed by atoms with Gasteiger partial charge in [0.15, 0.2) is 0 Å². The lowest BCUT2D eigenvalue weighted by Crippen LogP contribution is -1.92. The maximum atomic E-state index is 12.7. The maximum Gasteiger partial charge on any atom is 0.123 e. The average molecular weight is 229 g/mol. The van der Waals surface area contributed by atoms with Crippen molar-refractivity contribution in [3.8, 4) is 0 Å². The normalized spacial score (nSPS) is 10.9. The van der Waals surface area contributed by atoms with Crippen LogP contribution in [0.15, 0.2) is 47.5 Å². The zero-order valence-electron chi connectivity index (χ0n) is 9.10. The van der Waals surface area contributed by atoms with Crippen LogP contribution < -0.4 is 11.5 Å². The van der Waals surface area contributed by atoms with E-state index in [4.69, 9.17) is 11.5 Å². The van der Waals surface area contributed by atoms with E-state index in [2.05, 4.69) is 4.99 Å². The fraction of sp³-hybridized carbons (Fsp3) is 0. The van der Waals surface area contributed by atoms with Crippen LogP contribution in [0.25, 0.3) is 0 Å². The van der Waals surface area contributed by atoms with Crippen molar-refractivity contribution < 1.29 is 4.39 Å². The van der Waals surface area contributed by atoms with Crippen LogP contribution in [0, 0.1) is 5.82 Å². The van der Waals surface area contributed by atoms with Crippen LogP contribution >= 0.6 is 0 Å². The average Bonchev–Trinajstić information content (AvgIpc) is 2.33. The monoisotopic (exact) mass is 229 g/mol. The molecule has 4 N–H and O–H groups in total. The van der Waals surface area contributed by atoms with Gasteiger partial charge in [-0.05, 0) is 35.9 Å². The van der Waals surface area contributed by atoms with Crippen LogP contribution in [0.3, 0.4) is 0 Å². The lowest BCUT2D eigenvalue weighted by atomic mass is 10.2. The molecule has 0 radical (unpaired) electrons. The summed E-state index contributed by atoms with van der Waals surface area (Å²) in [6, 6.07) is 11.2. The first kappa shape index (κ1) is 11.1. The van der Waals surface area contributed by atoms with E-state index in [0.29, 0.717) is 17.1 Å². The van der Waals surface area contributed by atoms with E-state index in [9.17, 15) is 4.39 Å². The first-order valence-corrected chi connectivity index (χ1v) is 5.10. The summed E-state index contributed by atoms with van der Waals surface area (Å²) in [5.74, 6) is -0.265. The van der Waals surface area contributed by atoms with E-state index < -0.39 is 0 Å². The van der Waals surface area contributed by atoms with Gasteiger partial charge in [-0.25, -0.2) is 4.39 Å². The molecule has 0 heterocycles. The Labute approximate surface area is 98.6 Å². The summed E-state index contributed by atoms with van der Waals surface area (Å²) < 4.78 is 12.7. The second-order valence-corrected chi connectivity index (χ2v) is 3.62. The van der Waals surface area contributed by atoms with Gasteiger partial charge in [0.25, 0.3) is 0 Å². The largest absolute Gasteiger partial charge is 0.397 e. The molecule has 0 bridgehead atoms. The second-order valence-electron chi connectivity index (χ2n) is 3.62. The fourth-order valence-electron chi connectivity index (χ4n) is 1.34. The summed E-state index contributed by atoms with van der Waals surface area (Å²) in [5.41, 5.74) is 13.8. The molecule has 0 unspecified atom stereocenters. The van der Waals surface area contributed by atoms with Crippen LogP contribution in [0.1, 0.15) is 5.56 Å². The molecular formula is C13H12FN3. The third-order valence-corrected chi connectivity index (χ3v) is 2.30. The first-order chi connectivity index (χ1) is 8.15. The lowest BCUT2D eigenvalue weighted by molar-refractivity contribution is 0.628. The molecule has 86 valence electrons. The Morgan fingerprint density at radius 3 is 2.29 bits per heavy atom. The van der Waals surface area contributed by atoms with Gasteiger partial charge in [0.1, 0.15) is 5.82 Å². The van der Waals surface area contributed by atoms with Crippen molar-refractivity contribution in [1.82, 2.24) is 0 Å². The molecule has 2 aromatic rings. The first-order valence-electron chi connectivity index (χ1n) is 5.10. The van der Waals surface area contributed by atoms with Crippen molar-refractivity contribution in [2.24, 2.45) is 4.99 Å². The summed E-state index contributed by atoms with van der Waals surface area (Å²) in [6.07, 6.45) is 1.64. The van der Waals surface area contributed by atoms with Crippen LogP contribution in [0.2, 0.25) is 0 Å². The van der Waals surface area contributed by atoms with Crippen LogP contribution in [0.4, 0.5) is 21.5 Å². The molecule has 0 fully saturated rings. The molecular weight excluding hydrogens is 217 g/mol. The van der Waals surface area contributed by atoms with E-state index in [1.54, 1.807) is 36.5 Å². The van der Waals surface area contributed by atoms with Gasteiger partial charge < -0.3 is 11.5 Å². The Bertz CT molecular complexity index is 547. The van der Waals surface area contributed by atoms with Gasteiger partial charge in [-0.15, -0.1) is 0 Å². The molecule has 4 heteroatoms.